The zero-order valence-electron chi connectivity index (χ0n) is 15.3. The Morgan fingerprint density at radius 1 is 1.16 bits per heavy atom. The number of ketones is 1. The average molecular weight is 338 g/mol. The first-order valence-corrected chi connectivity index (χ1v) is 8.43. The fraction of sp³-hybridized carbons (Fsp3) is 0.286. The van der Waals surface area contributed by atoms with E-state index in [1.165, 1.54) is 5.56 Å². The van der Waals surface area contributed by atoms with Crippen molar-refractivity contribution in [3.8, 4) is 0 Å². The summed E-state index contributed by atoms with van der Waals surface area (Å²) in [4.78, 5) is 12.2. The lowest BCUT2D eigenvalue weighted by molar-refractivity contribution is -0.120. The summed E-state index contributed by atoms with van der Waals surface area (Å²) in [6, 6.07) is 10.1. The van der Waals surface area contributed by atoms with Gasteiger partial charge in [0.25, 0.3) is 0 Å². The number of hydrogen-bond acceptors (Lipinski definition) is 4. The Morgan fingerprint density at radius 2 is 1.84 bits per heavy atom. The van der Waals surface area contributed by atoms with E-state index in [2.05, 4.69) is 22.8 Å². The molecule has 0 saturated carbocycles. The number of hydrogen-bond donors (Lipinski definition) is 3. The minimum Gasteiger partial charge on any atom is -0.515 e. The first-order valence-electron chi connectivity index (χ1n) is 8.43. The zero-order valence-corrected chi connectivity index (χ0v) is 15.3. The highest BCUT2D eigenvalue weighted by Crippen LogP contribution is 2.28. The maximum absolute atomic E-state index is 12.2. The Kier molecular flexibility index (Phi) is 6.23. The van der Waals surface area contributed by atoms with E-state index in [-0.39, 0.29) is 11.7 Å². The highest BCUT2D eigenvalue weighted by Gasteiger charge is 2.35. The largest absolute Gasteiger partial charge is 0.515 e. The van der Waals surface area contributed by atoms with Gasteiger partial charge in [-0.05, 0) is 44.4 Å². The van der Waals surface area contributed by atoms with Gasteiger partial charge in [-0.15, -0.1) is 0 Å². The van der Waals surface area contributed by atoms with Gasteiger partial charge in [0.2, 0.25) is 0 Å². The van der Waals surface area contributed by atoms with Gasteiger partial charge in [0.1, 0.15) is 5.70 Å². The molecule has 2 rings (SSSR count). The predicted molar refractivity (Wildman–Crippen MR) is 102 cm³/mol. The second-order valence-corrected chi connectivity index (χ2v) is 6.35. The fourth-order valence-electron chi connectivity index (χ4n) is 2.49. The molecular formula is C21H26N2O2. The lowest BCUT2D eigenvalue weighted by Gasteiger charge is -2.31. The van der Waals surface area contributed by atoms with E-state index in [1.54, 1.807) is 0 Å². The summed E-state index contributed by atoms with van der Waals surface area (Å²) < 4.78 is 0. The molecule has 1 unspecified atom stereocenters. The number of benzene rings is 1. The number of allylic oxidation sites excluding steroid dienone is 7. The van der Waals surface area contributed by atoms with Gasteiger partial charge in [0.15, 0.2) is 5.78 Å². The molecule has 25 heavy (non-hydrogen) atoms. The van der Waals surface area contributed by atoms with Gasteiger partial charge in [0.05, 0.1) is 12.2 Å². The first kappa shape index (κ1) is 18.6. The smallest absolute Gasteiger partial charge is 0.189 e. The Morgan fingerprint density at radius 3 is 2.48 bits per heavy atom. The van der Waals surface area contributed by atoms with Crippen LogP contribution < -0.4 is 10.6 Å². The standard InChI is InChI=1S/C21H26N2O2/c1-14(13-24)10-11-15(2)17(4)23-20-19(16(3)21(20)25)22-12-18-8-6-5-7-9-18/h5-11,13,16,22-24H,12H2,1-4H3/b11-10-,14-13+,17-15+. The topological polar surface area (TPSA) is 61.4 Å². The maximum Gasteiger partial charge on any atom is 0.189 e. The molecule has 0 aliphatic heterocycles. The highest BCUT2D eigenvalue weighted by molar-refractivity contribution is 6.06. The summed E-state index contributed by atoms with van der Waals surface area (Å²) in [5, 5.41) is 15.5. The van der Waals surface area contributed by atoms with Crippen molar-refractivity contribution < 1.29 is 9.90 Å². The summed E-state index contributed by atoms with van der Waals surface area (Å²) in [6.45, 7) is 8.34. The third-order valence-electron chi connectivity index (χ3n) is 4.37. The normalized spacial score (nSPS) is 19.0. The summed E-state index contributed by atoms with van der Waals surface area (Å²) in [6.07, 6.45) is 4.81. The van der Waals surface area contributed by atoms with E-state index < -0.39 is 0 Å². The van der Waals surface area contributed by atoms with E-state index in [1.807, 2.05) is 58.0 Å². The van der Waals surface area contributed by atoms with Crippen LogP contribution in [-0.2, 0) is 11.3 Å². The van der Waals surface area contributed by atoms with Gasteiger partial charge in [-0.3, -0.25) is 4.79 Å². The van der Waals surface area contributed by atoms with Crippen molar-refractivity contribution in [3.63, 3.8) is 0 Å². The average Bonchev–Trinajstić information content (AvgIpc) is 2.65. The van der Waals surface area contributed by atoms with Crippen molar-refractivity contribution in [2.24, 2.45) is 5.92 Å². The van der Waals surface area contributed by atoms with Crippen molar-refractivity contribution in [1.29, 1.82) is 0 Å². The lowest BCUT2D eigenvalue weighted by atomic mass is 9.86. The monoisotopic (exact) mass is 338 g/mol. The van der Waals surface area contributed by atoms with Gasteiger partial charge >= 0.3 is 0 Å². The second kappa shape index (κ2) is 8.38. The van der Waals surface area contributed by atoms with E-state index >= 15 is 0 Å². The van der Waals surface area contributed by atoms with Crippen molar-refractivity contribution in [1.82, 2.24) is 10.6 Å². The van der Waals surface area contributed by atoms with Crippen molar-refractivity contribution in [2.45, 2.75) is 34.2 Å². The van der Waals surface area contributed by atoms with E-state index in [4.69, 9.17) is 5.11 Å². The van der Waals surface area contributed by atoms with Crippen LogP contribution >= 0.6 is 0 Å². The Balaban J connectivity index is 2.10. The quantitative estimate of drug-likeness (QED) is 0.517. The van der Waals surface area contributed by atoms with Crippen LogP contribution in [-0.4, -0.2) is 10.9 Å². The number of nitrogens with one attached hydrogen (secondary N) is 2. The molecule has 0 fully saturated rings. The Labute approximate surface area is 149 Å². The molecule has 4 nitrogen and oxygen atoms in total. The van der Waals surface area contributed by atoms with Gasteiger partial charge in [-0.25, -0.2) is 0 Å². The summed E-state index contributed by atoms with van der Waals surface area (Å²) in [5.74, 6) is 0.0209. The Hall–Kier alpha value is -2.75. The minimum absolute atomic E-state index is 0.102. The molecule has 4 heteroatoms. The third kappa shape index (κ3) is 4.63. The lowest BCUT2D eigenvalue weighted by Crippen LogP contribution is -2.42. The van der Waals surface area contributed by atoms with Crippen molar-refractivity contribution in [2.75, 3.05) is 0 Å². The fourth-order valence-corrected chi connectivity index (χ4v) is 2.49. The molecule has 0 bridgehead atoms. The molecule has 1 aromatic carbocycles. The van der Waals surface area contributed by atoms with Gasteiger partial charge in [-0.1, -0.05) is 42.5 Å². The summed E-state index contributed by atoms with van der Waals surface area (Å²) in [5.41, 5.74) is 5.46. The number of carbonyl (C=O) groups excluding carboxylic acids is 1. The number of aliphatic hydroxyl groups excluding tert-OH is 1. The van der Waals surface area contributed by atoms with Crippen LogP contribution in [0.15, 0.2) is 77.0 Å². The minimum atomic E-state index is -0.102. The molecule has 0 radical (unpaired) electrons. The molecule has 0 heterocycles. The third-order valence-corrected chi connectivity index (χ3v) is 4.37. The van der Waals surface area contributed by atoms with Crippen LogP contribution in [0.25, 0.3) is 0 Å². The zero-order chi connectivity index (χ0) is 18.4. The molecule has 0 aromatic heterocycles. The maximum atomic E-state index is 12.2. The Bertz CT molecular complexity index is 755. The highest BCUT2D eigenvalue weighted by atomic mass is 16.2. The van der Waals surface area contributed by atoms with Gasteiger partial charge in [0, 0.05) is 17.9 Å². The molecule has 1 aromatic rings. The molecule has 1 aliphatic rings. The molecule has 1 aliphatic carbocycles. The number of aliphatic hydroxyl groups is 1. The van der Waals surface area contributed by atoms with Gasteiger partial charge in [-0.2, -0.15) is 0 Å². The van der Waals surface area contributed by atoms with Crippen LogP contribution in [0.3, 0.4) is 0 Å². The molecule has 0 saturated heterocycles. The number of rotatable bonds is 7. The predicted octanol–water partition coefficient (Wildman–Crippen LogP) is 4.11. The van der Waals surface area contributed by atoms with Crippen molar-refractivity contribution in [3.05, 3.63) is 82.5 Å². The summed E-state index contributed by atoms with van der Waals surface area (Å²) >= 11 is 0. The van der Waals surface area contributed by atoms with E-state index in [0.29, 0.717) is 12.2 Å². The first-order chi connectivity index (χ1) is 11.9. The van der Waals surface area contributed by atoms with Gasteiger partial charge < -0.3 is 15.7 Å². The van der Waals surface area contributed by atoms with Crippen LogP contribution in [0.4, 0.5) is 0 Å². The molecular weight excluding hydrogens is 312 g/mol. The number of Topliss-reactive ketones (excluding diaryl/α,β-unsaturated/α-hetero) is 1. The van der Waals surface area contributed by atoms with Crippen LogP contribution in [0, 0.1) is 5.92 Å². The van der Waals surface area contributed by atoms with E-state index in [0.717, 1.165) is 28.8 Å². The number of carbonyl (C=O) groups is 1. The van der Waals surface area contributed by atoms with E-state index in [9.17, 15) is 4.79 Å². The van der Waals surface area contributed by atoms with Crippen LogP contribution in [0.2, 0.25) is 0 Å². The van der Waals surface area contributed by atoms with Crippen molar-refractivity contribution >= 4 is 5.78 Å². The SMILES string of the molecule is CC(/C=C\C(C)=C(/C)NC1=C(NCc2ccccc2)C(C)C1=O)=C\O. The molecule has 0 spiro atoms. The molecule has 1 atom stereocenters. The molecule has 3 N–H and O–H groups in total. The molecule has 0 amide bonds. The van der Waals surface area contributed by atoms with Crippen LogP contribution in [0.1, 0.15) is 33.3 Å². The summed E-state index contributed by atoms with van der Waals surface area (Å²) in [7, 11) is 0. The second-order valence-electron chi connectivity index (χ2n) is 6.35. The molecule has 132 valence electrons. The van der Waals surface area contributed by atoms with Crippen LogP contribution in [0.5, 0.6) is 0 Å².